The topological polar surface area (TPSA) is 55.1 Å². The predicted octanol–water partition coefficient (Wildman–Crippen LogP) is 4.22. The fourth-order valence-corrected chi connectivity index (χ4v) is 2.21. The van der Waals surface area contributed by atoms with Crippen molar-refractivity contribution < 1.29 is 4.79 Å². The van der Waals surface area contributed by atoms with Crippen LogP contribution in [-0.4, -0.2) is 5.78 Å². The van der Waals surface area contributed by atoms with Crippen LogP contribution in [0.25, 0.3) is 5.70 Å². The van der Waals surface area contributed by atoms with Crippen LogP contribution in [0.2, 0.25) is 5.02 Å². The van der Waals surface area contributed by atoms with Gasteiger partial charge in [0.05, 0.1) is 0 Å². The molecule has 112 valence electrons. The van der Waals surface area contributed by atoms with Crippen LogP contribution in [0.3, 0.4) is 0 Å². The quantitative estimate of drug-likeness (QED) is 0.813. The first kappa shape index (κ1) is 15.9. The Hall–Kier alpha value is -2.52. The number of ketones is 1. The van der Waals surface area contributed by atoms with Gasteiger partial charge >= 0.3 is 0 Å². The zero-order valence-corrected chi connectivity index (χ0v) is 13.0. The molecule has 3 nitrogen and oxygen atoms in total. The maximum Gasteiger partial charge on any atom is 0.182 e. The van der Waals surface area contributed by atoms with E-state index < -0.39 is 0 Å². The summed E-state index contributed by atoms with van der Waals surface area (Å²) in [6.45, 7) is 1.82. The Morgan fingerprint density at radius 2 is 1.68 bits per heavy atom. The van der Waals surface area contributed by atoms with E-state index in [0.29, 0.717) is 16.3 Å². The molecule has 3 N–H and O–H groups in total. The van der Waals surface area contributed by atoms with Crippen LogP contribution < -0.4 is 11.1 Å². The molecule has 2 aromatic carbocycles. The molecule has 0 fully saturated rings. The number of halogens is 1. The number of nitrogens with one attached hydrogen (secondary N) is 1. The van der Waals surface area contributed by atoms with Crippen LogP contribution in [0.1, 0.15) is 12.5 Å². The summed E-state index contributed by atoms with van der Waals surface area (Å²) >= 11 is 6.06. The van der Waals surface area contributed by atoms with Crippen LogP contribution in [-0.2, 0) is 4.79 Å². The second-order valence-corrected chi connectivity index (χ2v) is 5.21. The summed E-state index contributed by atoms with van der Waals surface area (Å²) in [6, 6.07) is 16.8. The molecular weight excluding hydrogens is 296 g/mol. The van der Waals surface area contributed by atoms with Crippen LogP contribution in [0.4, 0.5) is 5.69 Å². The highest BCUT2D eigenvalue weighted by molar-refractivity contribution is 6.32. The third-order valence-corrected chi connectivity index (χ3v) is 3.29. The summed E-state index contributed by atoms with van der Waals surface area (Å²) in [4.78, 5) is 12.0. The number of para-hydroxylation sites is 1. The molecule has 0 radical (unpaired) electrons. The van der Waals surface area contributed by atoms with Crippen molar-refractivity contribution in [1.29, 1.82) is 0 Å². The predicted molar refractivity (Wildman–Crippen MR) is 92.4 cm³/mol. The van der Waals surface area contributed by atoms with E-state index in [2.05, 4.69) is 5.32 Å². The van der Waals surface area contributed by atoms with Crippen molar-refractivity contribution >= 4 is 28.8 Å². The molecule has 0 atom stereocenters. The highest BCUT2D eigenvalue weighted by Gasteiger charge is 2.04. The van der Waals surface area contributed by atoms with Gasteiger partial charge in [-0.15, -0.1) is 0 Å². The summed E-state index contributed by atoms with van der Waals surface area (Å²) in [7, 11) is 0. The van der Waals surface area contributed by atoms with Crippen molar-refractivity contribution in [2.75, 3.05) is 5.32 Å². The average molecular weight is 313 g/mol. The summed E-state index contributed by atoms with van der Waals surface area (Å²) < 4.78 is 0. The van der Waals surface area contributed by atoms with E-state index in [1.165, 1.54) is 12.2 Å². The number of anilines is 1. The van der Waals surface area contributed by atoms with Crippen molar-refractivity contribution in [3.63, 3.8) is 0 Å². The first-order valence-electron chi connectivity index (χ1n) is 6.82. The van der Waals surface area contributed by atoms with Gasteiger partial charge in [0, 0.05) is 39.8 Å². The molecule has 0 aliphatic heterocycles. The second kappa shape index (κ2) is 7.48. The SMILES string of the molecule is C/C(=C/C(=O)/C=C(\N)c1ccccc1Cl)Nc1ccccc1. The molecule has 0 aliphatic carbocycles. The molecule has 0 amide bonds. The molecule has 0 saturated heterocycles. The standard InChI is InChI=1S/C18H17ClN2O/c1-13(21-14-7-3-2-4-8-14)11-15(22)12-18(20)16-9-5-6-10-17(16)19/h2-12,21H,20H2,1H3/b13-11-,18-12-. The highest BCUT2D eigenvalue weighted by Crippen LogP contribution is 2.20. The van der Waals surface area contributed by atoms with Crippen molar-refractivity contribution in [1.82, 2.24) is 0 Å². The largest absolute Gasteiger partial charge is 0.398 e. The average Bonchev–Trinajstić information content (AvgIpc) is 2.48. The maximum atomic E-state index is 12.0. The van der Waals surface area contributed by atoms with E-state index in [4.69, 9.17) is 17.3 Å². The number of nitrogens with two attached hydrogens (primary N) is 1. The number of allylic oxidation sites excluding steroid dienone is 3. The van der Waals surface area contributed by atoms with Crippen molar-refractivity contribution in [3.8, 4) is 0 Å². The van der Waals surface area contributed by atoms with Gasteiger partial charge in [0.15, 0.2) is 5.78 Å². The molecule has 0 aliphatic rings. The Labute approximate surface area is 135 Å². The summed E-state index contributed by atoms with van der Waals surface area (Å²) in [5.74, 6) is -0.196. The Morgan fingerprint density at radius 1 is 1.05 bits per heavy atom. The summed E-state index contributed by atoms with van der Waals surface area (Å²) in [5.41, 5.74) is 8.59. The normalized spacial score (nSPS) is 12.1. The van der Waals surface area contributed by atoms with E-state index in [1.54, 1.807) is 12.1 Å². The minimum Gasteiger partial charge on any atom is -0.398 e. The lowest BCUT2D eigenvalue weighted by atomic mass is 10.1. The van der Waals surface area contributed by atoms with Gasteiger partial charge in [-0.1, -0.05) is 48.0 Å². The number of benzene rings is 2. The Balaban J connectivity index is 2.10. The second-order valence-electron chi connectivity index (χ2n) is 4.80. The third kappa shape index (κ3) is 4.50. The smallest absolute Gasteiger partial charge is 0.182 e. The third-order valence-electron chi connectivity index (χ3n) is 2.96. The molecule has 0 bridgehead atoms. The summed E-state index contributed by atoms with van der Waals surface area (Å²) in [6.07, 6.45) is 2.87. The van der Waals surface area contributed by atoms with Gasteiger partial charge in [-0.25, -0.2) is 0 Å². The van der Waals surface area contributed by atoms with E-state index in [0.717, 1.165) is 11.4 Å². The molecule has 4 heteroatoms. The number of carbonyl (C=O) groups excluding carboxylic acids is 1. The van der Waals surface area contributed by atoms with E-state index in [-0.39, 0.29) is 5.78 Å². The Bertz CT molecular complexity index is 721. The van der Waals surface area contributed by atoms with Gasteiger partial charge < -0.3 is 11.1 Å². The molecule has 2 rings (SSSR count). The van der Waals surface area contributed by atoms with Gasteiger partial charge in [0.1, 0.15) is 0 Å². The molecule has 0 aromatic heterocycles. The molecule has 0 unspecified atom stereocenters. The van der Waals surface area contributed by atoms with Crippen LogP contribution in [0, 0.1) is 0 Å². The Kier molecular flexibility index (Phi) is 5.39. The minimum atomic E-state index is -0.196. The molecular formula is C18H17ClN2O. The van der Waals surface area contributed by atoms with Gasteiger partial charge in [0.25, 0.3) is 0 Å². The van der Waals surface area contributed by atoms with E-state index >= 15 is 0 Å². The number of hydrogen-bond acceptors (Lipinski definition) is 3. The van der Waals surface area contributed by atoms with Crippen LogP contribution >= 0.6 is 11.6 Å². The first-order valence-corrected chi connectivity index (χ1v) is 7.20. The lowest BCUT2D eigenvalue weighted by Crippen LogP contribution is -2.03. The molecule has 2 aromatic rings. The monoisotopic (exact) mass is 312 g/mol. The number of rotatable bonds is 5. The fourth-order valence-electron chi connectivity index (χ4n) is 1.97. The molecule has 0 heterocycles. The van der Waals surface area contributed by atoms with Gasteiger partial charge in [0.2, 0.25) is 0 Å². The van der Waals surface area contributed by atoms with Crippen molar-refractivity contribution in [3.05, 3.63) is 83.0 Å². The van der Waals surface area contributed by atoms with Crippen LogP contribution in [0.5, 0.6) is 0 Å². The van der Waals surface area contributed by atoms with Crippen molar-refractivity contribution in [2.45, 2.75) is 6.92 Å². The molecule has 0 saturated carbocycles. The number of carbonyl (C=O) groups is 1. The Morgan fingerprint density at radius 3 is 2.36 bits per heavy atom. The molecule has 22 heavy (non-hydrogen) atoms. The van der Waals surface area contributed by atoms with Gasteiger partial charge in [-0.2, -0.15) is 0 Å². The first-order chi connectivity index (χ1) is 10.6. The lowest BCUT2D eigenvalue weighted by molar-refractivity contribution is -0.110. The van der Waals surface area contributed by atoms with Crippen LogP contribution in [0.15, 0.2) is 72.4 Å². The lowest BCUT2D eigenvalue weighted by Gasteiger charge is -2.06. The van der Waals surface area contributed by atoms with Crippen molar-refractivity contribution in [2.24, 2.45) is 5.73 Å². The zero-order chi connectivity index (χ0) is 15.9. The van der Waals surface area contributed by atoms with Gasteiger partial charge in [-0.05, 0) is 25.1 Å². The fraction of sp³-hybridized carbons (Fsp3) is 0.0556. The summed E-state index contributed by atoms with van der Waals surface area (Å²) in [5, 5.41) is 3.66. The molecule has 0 spiro atoms. The zero-order valence-electron chi connectivity index (χ0n) is 12.2. The minimum absolute atomic E-state index is 0.196. The van der Waals surface area contributed by atoms with Gasteiger partial charge in [-0.3, -0.25) is 4.79 Å². The van der Waals surface area contributed by atoms with E-state index in [1.807, 2.05) is 49.4 Å². The maximum absolute atomic E-state index is 12.0. The number of hydrogen-bond donors (Lipinski definition) is 2. The highest BCUT2D eigenvalue weighted by atomic mass is 35.5. The van der Waals surface area contributed by atoms with E-state index in [9.17, 15) is 4.79 Å².